The Balaban J connectivity index is 1.39. The van der Waals surface area contributed by atoms with Crippen LogP contribution in [-0.2, 0) is 23.1 Å². The Morgan fingerprint density at radius 2 is 2.35 bits per heavy atom. The molecule has 1 aromatic heterocycles. The Morgan fingerprint density at radius 3 is 3.09 bits per heavy atom. The van der Waals surface area contributed by atoms with Crippen molar-refractivity contribution in [2.24, 2.45) is 7.05 Å². The highest BCUT2D eigenvalue weighted by Crippen LogP contribution is 2.37. The van der Waals surface area contributed by atoms with Gasteiger partial charge in [-0.2, -0.15) is 5.10 Å². The lowest BCUT2D eigenvalue weighted by Gasteiger charge is -2.41. The quantitative estimate of drug-likeness (QED) is 0.839. The van der Waals surface area contributed by atoms with Crippen molar-refractivity contribution in [1.29, 1.82) is 0 Å². The van der Waals surface area contributed by atoms with E-state index < -0.39 is 0 Å². The topological polar surface area (TPSA) is 50.6 Å². The van der Waals surface area contributed by atoms with Crippen molar-refractivity contribution in [2.45, 2.75) is 50.3 Å². The number of carbonyl (C=O) groups excluding carboxylic acids is 1. The van der Waals surface area contributed by atoms with Crippen LogP contribution in [-0.4, -0.2) is 63.4 Å². The van der Waals surface area contributed by atoms with Gasteiger partial charge in [0, 0.05) is 64.1 Å². The van der Waals surface area contributed by atoms with E-state index in [9.17, 15) is 4.79 Å². The van der Waals surface area contributed by atoms with Gasteiger partial charge in [-0.05, 0) is 25.7 Å². The summed E-state index contributed by atoms with van der Waals surface area (Å²) < 4.78 is 8.08. The highest BCUT2D eigenvalue weighted by molar-refractivity contribution is 5.78. The van der Waals surface area contributed by atoms with Gasteiger partial charge in [0.05, 0.1) is 11.8 Å². The molecule has 4 heterocycles. The van der Waals surface area contributed by atoms with E-state index in [1.807, 2.05) is 17.9 Å². The zero-order chi connectivity index (χ0) is 15.9. The molecule has 1 amide bonds. The zero-order valence-electron chi connectivity index (χ0n) is 13.9. The zero-order valence-corrected chi connectivity index (χ0v) is 13.9. The van der Waals surface area contributed by atoms with E-state index >= 15 is 0 Å². The fourth-order valence-electron chi connectivity index (χ4n) is 4.48. The van der Waals surface area contributed by atoms with E-state index in [0.29, 0.717) is 11.9 Å². The molecule has 0 unspecified atom stereocenters. The monoisotopic (exact) mass is 318 g/mol. The predicted octanol–water partition coefficient (Wildman–Crippen LogP) is 1.17. The number of ether oxygens (including phenoxy) is 1. The Morgan fingerprint density at radius 1 is 1.43 bits per heavy atom. The number of rotatable bonds is 3. The Bertz CT molecular complexity index is 587. The minimum atomic E-state index is -0.0476. The van der Waals surface area contributed by atoms with Crippen molar-refractivity contribution in [3.8, 4) is 0 Å². The minimum Gasteiger partial charge on any atom is -0.373 e. The standard InChI is InChI=1S/C17H26N4O2/c1-19-11-14(10-18-19)12-20-7-5-17(13-20)9-15(4-8-23-17)21-6-2-3-16(21)22/h10-11,15H,2-9,12-13H2,1H3/t15-,17+/m0/s1. The number of aromatic nitrogens is 2. The number of hydrogen-bond donors (Lipinski definition) is 0. The van der Waals surface area contributed by atoms with Crippen molar-refractivity contribution >= 4 is 5.91 Å². The Hall–Kier alpha value is -1.40. The SMILES string of the molecule is Cn1cc(CN2CC[C@@]3(C[C@@H](N4CCCC4=O)CCO3)C2)cn1. The third-order valence-corrected chi connectivity index (χ3v) is 5.58. The molecule has 3 aliphatic rings. The lowest BCUT2D eigenvalue weighted by molar-refractivity contribution is -0.137. The molecule has 3 aliphatic heterocycles. The fraction of sp³-hybridized carbons (Fsp3) is 0.765. The van der Waals surface area contributed by atoms with E-state index in [0.717, 1.165) is 64.9 Å². The molecule has 3 fully saturated rings. The van der Waals surface area contributed by atoms with Crippen LogP contribution in [0.4, 0.5) is 0 Å². The van der Waals surface area contributed by atoms with Crippen molar-refractivity contribution < 1.29 is 9.53 Å². The van der Waals surface area contributed by atoms with Crippen LogP contribution in [0, 0.1) is 0 Å². The fourth-order valence-corrected chi connectivity index (χ4v) is 4.48. The largest absolute Gasteiger partial charge is 0.373 e. The van der Waals surface area contributed by atoms with Gasteiger partial charge in [0.25, 0.3) is 0 Å². The lowest BCUT2D eigenvalue weighted by atomic mass is 9.89. The summed E-state index contributed by atoms with van der Waals surface area (Å²) >= 11 is 0. The first-order chi connectivity index (χ1) is 11.1. The molecule has 23 heavy (non-hydrogen) atoms. The van der Waals surface area contributed by atoms with E-state index in [1.165, 1.54) is 5.56 Å². The van der Waals surface area contributed by atoms with Gasteiger partial charge in [-0.3, -0.25) is 14.4 Å². The van der Waals surface area contributed by atoms with Crippen LogP contribution in [0.3, 0.4) is 0 Å². The molecule has 3 saturated heterocycles. The van der Waals surface area contributed by atoms with Crippen molar-refractivity contribution in [3.63, 3.8) is 0 Å². The Labute approximate surface area is 137 Å². The van der Waals surface area contributed by atoms with Crippen LogP contribution < -0.4 is 0 Å². The number of amides is 1. The van der Waals surface area contributed by atoms with Crippen LogP contribution in [0.25, 0.3) is 0 Å². The summed E-state index contributed by atoms with van der Waals surface area (Å²) in [6, 6.07) is 0.386. The summed E-state index contributed by atoms with van der Waals surface area (Å²) in [5.41, 5.74) is 1.21. The highest BCUT2D eigenvalue weighted by Gasteiger charge is 2.45. The molecule has 1 aromatic rings. The number of aryl methyl sites for hydroxylation is 1. The first kappa shape index (κ1) is 15.1. The second-order valence-electron chi connectivity index (χ2n) is 7.35. The number of likely N-dealkylation sites (tertiary alicyclic amines) is 2. The summed E-state index contributed by atoms with van der Waals surface area (Å²) in [6.45, 7) is 4.70. The van der Waals surface area contributed by atoms with E-state index in [-0.39, 0.29) is 5.60 Å². The van der Waals surface area contributed by atoms with Gasteiger partial charge in [-0.1, -0.05) is 0 Å². The number of nitrogens with zero attached hydrogens (tertiary/aromatic N) is 4. The summed E-state index contributed by atoms with van der Waals surface area (Å²) in [5, 5.41) is 4.25. The summed E-state index contributed by atoms with van der Waals surface area (Å²) in [5.74, 6) is 0.345. The average Bonchev–Trinajstić information content (AvgIpc) is 3.22. The van der Waals surface area contributed by atoms with E-state index in [2.05, 4.69) is 21.1 Å². The first-order valence-corrected chi connectivity index (χ1v) is 8.77. The molecular weight excluding hydrogens is 292 g/mol. The molecule has 0 aliphatic carbocycles. The maximum absolute atomic E-state index is 12.1. The van der Waals surface area contributed by atoms with E-state index in [4.69, 9.17) is 4.74 Å². The third-order valence-electron chi connectivity index (χ3n) is 5.58. The summed E-state index contributed by atoms with van der Waals surface area (Å²) in [4.78, 5) is 16.6. The highest BCUT2D eigenvalue weighted by atomic mass is 16.5. The molecule has 6 heteroatoms. The smallest absolute Gasteiger partial charge is 0.222 e. The third kappa shape index (κ3) is 3.02. The van der Waals surface area contributed by atoms with Gasteiger partial charge in [-0.25, -0.2) is 0 Å². The Kier molecular flexibility index (Phi) is 3.89. The average molecular weight is 318 g/mol. The molecule has 0 N–H and O–H groups in total. The van der Waals surface area contributed by atoms with Crippen LogP contribution in [0.2, 0.25) is 0 Å². The van der Waals surface area contributed by atoms with Gasteiger partial charge in [0.15, 0.2) is 0 Å². The summed E-state index contributed by atoms with van der Waals surface area (Å²) in [6.07, 6.45) is 8.86. The number of hydrogen-bond acceptors (Lipinski definition) is 4. The summed E-state index contributed by atoms with van der Waals surface area (Å²) in [7, 11) is 1.96. The second-order valence-corrected chi connectivity index (χ2v) is 7.35. The van der Waals surface area contributed by atoms with Gasteiger partial charge in [0.2, 0.25) is 5.91 Å². The molecule has 0 bridgehead atoms. The van der Waals surface area contributed by atoms with Crippen molar-refractivity contribution in [3.05, 3.63) is 18.0 Å². The normalized spacial score (nSPS) is 32.3. The van der Waals surface area contributed by atoms with Crippen LogP contribution in [0.5, 0.6) is 0 Å². The van der Waals surface area contributed by atoms with Gasteiger partial charge in [0.1, 0.15) is 0 Å². The van der Waals surface area contributed by atoms with Crippen LogP contribution >= 0.6 is 0 Å². The molecular formula is C17H26N4O2. The number of carbonyl (C=O) groups is 1. The van der Waals surface area contributed by atoms with E-state index in [1.54, 1.807) is 0 Å². The predicted molar refractivity (Wildman–Crippen MR) is 85.8 cm³/mol. The van der Waals surface area contributed by atoms with Crippen molar-refractivity contribution in [1.82, 2.24) is 19.6 Å². The second kappa shape index (κ2) is 5.91. The maximum Gasteiger partial charge on any atom is 0.222 e. The molecule has 4 rings (SSSR count). The van der Waals surface area contributed by atoms with Gasteiger partial charge in [-0.15, -0.1) is 0 Å². The van der Waals surface area contributed by atoms with Gasteiger partial charge >= 0.3 is 0 Å². The molecule has 6 nitrogen and oxygen atoms in total. The molecule has 0 radical (unpaired) electrons. The minimum absolute atomic E-state index is 0.0476. The van der Waals surface area contributed by atoms with Crippen molar-refractivity contribution in [2.75, 3.05) is 26.2 Å². The molecule has 2 atom stereocenters. The molecule has 1 spiro atoms. The molecule has 0 aromatic carbocycles. The van der Waals surface area contributed by atoms with Crippen LogP contribution in [0.15, 0.2) is 12.4 Å². The molecule has 126 valence electrons. The first-order valence-electron chi connectivity index (χ1n) is 8.77. The van der Waals surface area contributed by atoms with Gasteiger partial charge < -0.3 is 9.64 Å². The molecule has 0 saturated carbocycles. The maximum atomic E-state index is 12.1. The lowest BCUT2D eigenvalue weighted by Crippen LogP contribution is -2.50. The van der Waals surface area contributed by atoms with Crippen LogP contribution in [0.1, 0.15) is 37.7 Å².